The molecule has 1 N–H and O–H groups in total. The zero-order chi connectivity index (χ0) is 13.7. The zero-order valence-electron chi connectivity index (χ0n) is 12.7. The molecule has 2 aliphatic heterocycles. The van der Waals surface area contributed by atoms with Crippen molar-refractivity contribution >= 4 is 0 Å². The highest BCUT2D eigenvalue weighted by molar-refractivity contribution is 4.86. The molecule has 19 heavy (non-hydrogen) atoms. The summed E-state index contributed by atoms with van der Waals surface area (Å²) in [6.07, 6.45) is 2.76. The second kappa shape index (κ2) is 7.58. The van der Waals surface area contributed by atoms with Crippen LogP contribution in [0.15, 0.2) is 0 Å². The van der Waals surface area contributed by atoms with Crippen molar-refractivity contribution in [2.75, 3.05) is 39.5 Å². The predicted octanol–water partition coefficient (Wildman–Crippen LogP) is 1.50. The normalized spacial score (nSPS) is 34.6. The van der Waals surface area contributed by atoms with Crippen molar-refractivity contribution in [3.63, 3.8) is 0 Å². The lowest BCUT2D eigenvalue weighted by Gasteiger charge is -2.40. The van der Waals surface area contributed by atoms with Gasteiger partial charge in [-0.25, -0.2) is 0 Å². The second-order valence-electron chi connectivity index (χ2n) is 6.13. The quantitative estimate of drug-likeness (QED) is 0.793. The molecule has 0 radical (unpaired) electrons. The first-order valence-corrected chi connectivity index (χ1v) is 7.87. The van der Waals surface area contributed by atoms with Crippen LogP contribution in [0, 0.1) is 5.92 Å². The Bertz CT molecular complexity index is 257. The van der Waals surface area contributed by atoms with E-state index in [1.807, 2.05) is 0 Å². The van der Waals surface area contributed by atoms with E-state index in [9.17, 15) is 0 Å². The average molecular weight is 270 g/mol. The van der Waals surface area contributed by atoms with Crippen LogP contribution in [-0.4, -0.2) is 62.5 Å². The third-order valence-corrected chi connectivity index (χ3v) is 4.36. The summed E-state index contributed by atoms with van der Waals surface area (Å²) < 4.78 is 11.3. The molecule has 4 heteroatoms. The highest BCUT2D eigenvalue weighted by atomic mass is 16.5. The van der Waals surface area contributed by atoms with Crippen molar-refractivity contribution in [2.45, 2.75) is 51.8 Å². The Kier molecular flexibility index (Phi) is 6.07. The fourth-order valence-electron chi connectivity index (χ4n) is 3.06. The minimum absolute atomic E-state index is 0.364. The van der Waals surface area contributed by atoms with Crippen LogP contribution in [0.2, 0.25) is 0 Å². The van der Waals surface area contributed by atoms with Crippen LogP contribution in [0.1, 0.15) is 33.6 Å². The first kappa shape index (κ1) is 15.2. The lowest BCUT2D eigenvalue weighted by molar-refractivity contribution is -0.0540. The van der Waals surface area contributed by atoms with Crippen LogP contribution < -0.4 is 5.32 Å². The standard InChI is InChI=1S/C15H30N2O2/c1-4-6-16-15(14-5-7-18-11-14)9-17-8-13(3)19-10-12(17)2/h12-16H,4-11H2,1-3H3. The first-order valence-electron chi connectivity index (χ1n) is 7.87. The Labute approximate surface area is 117 Å². The average Bonchev–Trinajstić information content (AvgIpc) is 2.92. The van der Waals surface area contributed by atoms with Crippen LogP contribution >= 0.6 is 0 Å². The van der Waals surface area contributed by atoms with Gasteiger partial charge in [0.1, 0.15) is 0 Å². The number of hydrogen-bond donors (Lipinski definition) is 1. The van der Waals surface area contributed by atoms with Gasteiger partial charge in [0.2, 0.25) is 0 Å². The molecule has 0 aliphatic carbocycles. The fraction of sp³-hybridized carbons (Fsp3) is 1.00. The van der Waals surface area contributed by atoms with Gasteiger partial charge < -0.3 is 14.8 Å². The van der Waals surface area contributed by atoms with Gasteiger partial charge in [-0.1, -0.05) is 6.92 Å². The molecule has 2 aliphatic rings. The van der Waals surface area contributed by atoms with Gasteiger partial charge in [0.25, 0.3) is 0 Å². The molecule has 0 aromatic heterocycles. The molecule has 0 amide bonds. The number of ether oxygens (including phenoxy) is 2. The molecule has 4 atom stereocenters. The summed E-state index contributed by atoms with van der Waals surface area (Å²) in [7, 11) is 0. The van der Waals surface area contributed by atoms with Gasteiger partial charge in [-0.2, -0.15) is 0 Å². The predicted molar refractivity (Wildman–Crippen MR) is 77.5 cm³/mol. The van der Waals surface area contributed by atoms with E-state index in [1.165, 1.54) is 12.8 Å². The van der Waals surface area contributed by atoms with E-state index in [1.54, 1.807) is 0 Å². The van der Waals surface area contributed by atoms with E-state index in [0.29, 0.717) is 24.1 Å². The summed E-state index contributed by atoms with van der Waals surface area (Å²) in [5.74, 6) is 0.678. The zero-order valence-corrected chi connectivity index (χ0v) is 12.7. The molecule has 2 saturated heterocycles. The van der Waals surface area contributed by atoms with Gasteiger partial charge in [0.15, 0.2) is 0 Å². The topological polar surface area (TPSA) is 33.7 Å². The monoisotopic (exact) mass is 270 g/mol. The molecular formula is C15H30N2O2. The van der Waals surface area contributed by atoms with Crippen LogP contribution in [0.25, 0.3) is 0 Å². The summed E-state index contributed by atoms with van der Waals surface area (Å²) in [5, 5.41) is 3.73. The minimum Gasteiger partial charge on any atom is -0.381 e. The van der Waals surface area contributed by atoms with Gasteiger partial charge in [-0.3, -0.25) is 4.90 Å². The van der Waals surface area contributed by atoms with Gasteiger partial charge in [-0.15, -0.1) is 0 Å². The smallest absolute Gasteiger partial charge is 0.0674 e. The molecule has 2 fully saturated rings. The molecule has 0 spiro atoms. The summed E-state index contributed by atoms with van der Waals surface area (Å²) in [4.78, 5) is 2.58. The van der Waals surface area contributed by atoms with Crippen molar-refractivity contribution in [2.24, 2.45) is 5.92 Å². The van der Waals surface area contributed by atoms with Crippen molar-refractivity contribution in [3.05, 3.63) is 0 Å². The third kappa shape index (κ3) is 4.42. The van der Waals surface area contributed by atoms with Crippen LogP contribution in [0.5, 0.6) is 0 Å². The Hall–Kier alpha value is -0.160. The summed E-state index contributed by atoms with van der Waals surface area (Å²) >= 11 is 0. The van der Waals surface area contributed by atoms with E-state index >= 15 is 0 Å². The summed E-state index contributed by atoms with van der Waals surface area (Å²) in [6, 6.07) is 1.10. The summed E-state index contributed by atoms with van der Waals surface area (Å²) in [6.45, 7) is 12.7. The van der Waals surface area contributed by atoms with Crippen molar-refractivity contribution < 1.29 is 9.47 Å². The summed E-state index contributed by atoms with van der Waals surface area (Å²) in [5.41, 5.74) is 0. The van der Waals surface area contributed by atoms with Gasteiger partial charge in [0, 0.05) is 37.7 Å². The van der Waals surface area contributed by atoms with Crippen molar-refractivity contribution in [1.82, 2.24) is 10.2 Å². The highest BCUT2D eigenvalue weighted by Gasteiger charge is 2.30. The lowest BCUT2D eigenvalue weighted by atomic mass is 9.97. The Morgan fingerprint density at radius 1 is 1.32 bits per heavy atom. The molecule has 112 valence electrons. The van der Waals surface area contributed by atoms with E-state index in [2.05, 4.69) is 31.0 Å². The lowest BCUT2D eigenvalue weighted by Crippen LogP contribution is -2.54. The SMILES string of the molecule is CCCNC(CN1CC(C)OCC1C)C1CCOC1. The number of nitrogens with one attached hydrogen (secondary N) is 1. The van der Waals surface area contributed by atoms with Crippen LogP contribution in [0.3, 0.4) is 0 Å². The molecule has 4 nitrogen and oxygen atoms in total. The van der Waals surface area contributed by atoms with E-state index in [4.69, 9.17) is 9.47 Å². The molecule has 0 saturated carbocycles. The second-order valence-corrected chi connectivity index (χ2v) is 6.13. The van der Waals surface area contributed by atoms with E-state index < -0.39 is 0 Å². The minimum atomic E-state index is 0.364. The first-order chi connectivity index (χ1) is 9.20. The maximum Gasteiger partial charge on any atom is 0.0674 e. The highest BCUT2D eigenvalue weighted by Crippen LogP contribution is 2.20. The van der Waals surface area contributed by atoms with Crippen LogP contribution in [0.4, 0.5) is 0 Å². The number of morpholine rings is 1. The Morgan fingerprint density at radius 2 is 2.16 bits per heavy atom. The molecule has 0 aromatic rings. The van der Waals surface area contributed by atoms with Gasteiger partial charge >= 0.3 is 0 Å². The number of hydrogen-bond acceptors (Lipinski definition) is 4. The van der Waals surface area contributed by atoms with Crippen LogP contribution in [-0.2, 0) is 9.47 Å². The molecule has 0 aromatic carbocycles. The number of nitrogens with zero attached hydrogens (tertiary/aromatic N) is 1. The largest absolute Gasteiger partial charge is 0.381 e. The Balaban J connectivity index is 1.89. The van der Waals surface area contributed by atoms with Crippen molar-refractivity contribution in [1.29, 1.82) is 0 Å². The van der Waals surface area contributed by atoms with Gasteiger partial charge in [0.05, 0.1) is 19.3 Å². The van der Waals surface area contributed by atoms with Crippen molar-refractivity contribution in [3.8, 4) is 0 Å². The third-order valence-electron chi connectivity index (χ3n) is 4.36. The maximum absolute atomic E-state index is 5.72. The fourth-order valence-corrected chi connectivity index (χ4v) is 3.06. The Morgan fingerprint density at radius 3 is 2.84 bits per heavy atom. The van der Waals surface area contributed by atoms with E-state index in [0.717, 1.165) is 39.5 Å². The maximum atomic E-state index is 5.72. The molecule has 2 heterocycles. The molecular weight excluding hydrogens is 240 g/mol. The molecule has 4 unspecified atom stereocenters. The molecule has 2 rings (SSSR count). The van der Waals surface area contributed by atoms with E-state index in [-0.39, 0.29) is 0 Å². The number of rotatable bonds is 6. The molecule has 0 bridgehead atoms. The van der Waals surface area contributed by atoms with Gasteiger partial charge in [-0.05, 0) is 33.2 Å².